The highest BCUT2D eigenvalue weighted by molar-refractivity contribution is 7.80. The third-order valence-electron chi connectivity index (χ3n) is 4.77. The smallest absolute Gasteiger partial charge is 0.129 e. The van der Waals surface area contributed by atoms with Gasteiger partial charge in [-0.25, -0.2) is 4.98 Å². The molecule has 4 heteroatoms. The van der Waals surface area contributed by atoms with Gasteiger partial charge in [-0.1, -0.05) is 24.7 Å². The van der Waals surface area contributed by atoms with Crippen LogP contribution in [0.4, 0.5) is 5.82 Å². The molecule has 3 atom stereocenters. The van der Waals surface area contributed by atoms with E-state index in [0.717, 1.165) is 30.1 Å². The van der Waals surface area contributed by atoms with Crippen molar-refractivity contribution in [1.29, 1.82) is 0 Å². The summed E-state index contributed by atoms with van der Waals surface area (Å²) < 4.78 is 0. The molecule has 1 aromatic rings. The fraction of sp³-hybridized carbons (Fsp3) is 0.600. The van der Waals surface area contributed by atoms with Crippen molar-refractivity contribution in [2.45, 2.75) is 25.7 Å². The maximum absolute atomic E-state index is 5.65. The number of rotatable bonds is 4. The number of anilines is 1. The van der Waals surface area contributed by atoms with Crippen LogP contribution in [0.2, 0.25) is 0 Å². The molecule has 2 N–H and O–H groups in total. The first-order valence-corrected chi connectivity index (χ1v) is 7.52. The van der Waals surface area contributed by atoms with Gasteiger partial charge in [0.05, 0.1) is 5.69 Å². The lowest BCUT2D eigenvalue weighted by Gasteiger charge is -2.28. The van der Waals surface area contributed by atoms with Crippen LogP contribution in [0.25, 0.3) is 0 Å². The van der Waals surface area contributed by atoms with Crippen molar-refractivity contribution in [3.05, 3.63) is 23.9 Å². The molecule has 102 valence electrons. The van der Waals surface area contributed by atoms with Gasteiger partial charge in [0.2, 0.25) is 0 Å². The van der Waals surface area contributed by atoms with Crippen LogP contribution in [0.1, 0.15) is 31.4 Å². The summed E-state index contributed by atoms with van der Waals surface area (Å²) in [5.74, 6) is 3.78. The number of aromatic nitrogens is 1. The minimum Gasteiger partial charge on any atom is -0.388 e. The highest BCUT2D eigenvalue weighted by Crippen LogP contribution is 2.48. The Morgan fingerprint density at radius 2 is 2.26 bits per heavy atom. The lowest BCUT2D eigenvalue weighted by atomic mass is 9.88. The van der Waals surface area contributed by atoms with E-state index in [9.17, 15) is 0 Å². The Labute approximate surface area is 120 Å². The van der Waals surface area contributed by atoms with E-state index < -0.39 is 0 Å². The van der Waals surface area contributed by atoms with Gasteiger partial charge in [0.25, 0.3) is 0 Å². The highest BCUT2D eigenvalue weighted by Gasteiger charge is 2.39. The first-order chi connectivity index (χ1) is 9.13. The second-order valence-corrected chi connectivity index (χ2v) is 6.50. The molecule has 3 unspecified atom stereocenters. The zero-order valence-electron chi connectivity index (χ0n) is 11.4. The van der Waals surface area contributed by atoms with Gasteiger partial charge in [-0.05, 0) is 49.1 Å². The second kappa shape index (κ2) is 5.08. The van der Waals surface area contributed by atoms with Gasteiger partial charge < -0.3 is 10.6 Å². The van der Waals surface area contributed by atoms with Crippen molar-refractivity contribution in [3.8, 4) is 0 Å². The number of hydrogen-bond donors (Lipinski definition) is 1. The molecule has 2 aliphatic carbocycles. The topological polar surface area (TPSA) is 42.1 Å². The van der Waals surface area contributed by atoms with Crippen LogP contribution in [0.3, 0.4) is 0 Å². The fourth-order valence-corrected chi connectivity index (χ4v) is 3.93. The molecule has 0 amide bonds. The predicted molar refractivity (Wildman–Crippen MR) is 82.3 cm³/mol. The van der Waals surface area contributed by atoms with Crippen molar-refractivity contribution >= 4 is 23.0 Å². The van der Waals surface area contributed by atoms with Gasteiger partial charge in [-0.2, -0.15) is 0 Å². The van der Waals surface area contributed by atoms with E-state index in [-0.39, 0.29) is 0 Å². The van der Waals surface area contributed by atoms with Crippen LogP contribution >= 0.6 is 12.2 Å². The molecule has 0 aromatic carbocycles. The second-order valence-electron chi connectivity index (χ2n) is 6.06. The summed E-state index contributed by atoms with van der Waals surface area (Å²) in [7, 11) is 2.12. The normalized spacial score (nSPS) is 28.6. The first kappa shape index (κ1) is 12.9. The van der Waals surface area contributed by atoms with Gasteiger partial charge in [0.15, 0.2) is 0 Å². The van der Waals surface area contributed by atoms with Gasteiger partial charge in [-0.3, -0.25) is 0 Å². The Morgan fingerprint density at radius 1 is 1.42 bits per heavy atom. The summed E-state index contributed by atoms with van der Waals surface area (Å²) in [4.78, 5) is 7.16. The number of hydrogen-bond acceptors (Lipinski definition) is 3. The summed E-state index contributed by atoms with van der Waals surface area (Å²) in [5, 5.41) is 0. The maximum Gasteiger partial charge on any atom is 0.129 e. The van der Waals surface area contributed by atoms with Crippen LogP contribution in [-0.2, 0) is 0 Å². The summed E-state index contributed by atoms with van der Waals surface area (Å²) >= 11 is 4.99. The van der Waals surface area contributed by atoms with Crippen LogP contribution in [-0.4, -0.2) is 23.6 Å². The Bertz CT molecular complexity index is 488. The van der Waals surface area contributed by atoms with Crippen molar-refractivity contribution in [3.63, 3.8) is 0 Å². The van der Waals surface area contributed by atoms with E-state index in [1.165, 1.54) is 25.7 Å². The van der Waals surface area contributed by atoms with E-state index in [0.29, 0.717) is 10.7 Å². The lowest BCUT2D eigenvalue weighted by molar-refractivity contribution is 0.337. The van der Waals surface area contributed by atoms with E-state index >= 15 is 0 Å². The molecule has 2 aliphatic rings. The average Bonchev–Trinajstić information content (AvgIpc) is 3.01. The SMILES string of the molecule is CN(CC1CC2CCC1C2)c1cccc(C(N)=S)n1. The van der Waals surface area contributed by atoms with Crippen LogP contribution in [0, 0.1) is 17.8 Å². The molecule has 1 aromatic heterocycles. The van der Waals surface area contributed by atoms with E-state index in [1.807, 2.05) is 18.2 Å². The average molecular weight is 275 g/mol. The van der Waals surface area contributed by atoms with Crippen molar-refractivity contribution in [2.75, 3.05) is 18.5 Å². The standard InChI is InChI=1S/C15H21N3S/c1-18(9-12-8-10-5-6-11(12)7-10)14-4-2-3-13(17-14)15(16)19/h2-4,10-12H,5-9H2,1H3,(H2,16,19). The molecule has 0 spiro atoms. The third-order valence-corrected chi connectivity index (χ3v) is 4.98. The molecule has 1 heterocycles. The predicted octanol–water partition coefficient (Wildman–Crippen LogP) is 2.59. The Kier molecular flexibility index (Phi) is 3.44. The minimum absolute atomic E-state index is 0.371. The maximum atomic E-state index is 5.65. The molecular formula is C15H21N3S. The summed E-state index contributed by atoms with van der Waals surface area (Å²) in [6.07, 6.45) is 5.76. The molecular weight excluding hydrogens is 254 g/mol. The van der Waals surface area contributed by atoms with Crippen LogP contribution < -0.4 is 10.6 Å². The molecule has 2 saturated carbocycles. The van der Waals surface area contributed by atoms with Crippen molar-refractivity contribution in [1.82, 2.24) is 4.98 Å². The first-order valence-electron chi connectivity index (χ1n) is 7.11. The molecule has 3 nitrogen and oxygen atoms in total. The van der Waals surface area contributed by atoms with E-state index in [2.05, 4.69) is 16.9 Å². The van der Waals surface area contributed by atoms with Gasteiger partial charge in [0, 0.05) is 13.6 Å². The van der Waals surface area contributed by atoms with E-state index in [4.69, 9.17) is 18.0 Å². The van der Waals surface area contributed by atoms with Crippen LogP contribution in [0.15, 0.2) is 18.2 Å². The fourth-order valence-electron chi connectivity index (χ4n) is 3.82. The van der Waals surface area contributed by atoms with Gasteiger partial charge in [-0.15, -0.1) is 0 Å². The zero-order chi connectivity index (χ0) is 13.4. The number of nitrogens with zero attached hydrogens (tertiary/aromatic N) is 2. The number of thiocarbonyl (C=S) groups is 1. The summed E-state index contributed by atoms with van der Waals surface area (Å²) in [6, 6.07) is 5.89. The van der Waals surface area contributed by atoms with Crippen molar-refractivity contribution in [2.24, 2.45) is 23.5 Å². The highest BCUT2D eigenvalue weighted by atomic mass is 32.1. The number of fused-ring (bicyclic) bond motifs is 2. The quantitative estimate of drug-likeness (QED) is 0.858. The largest absolute Gasteiger partial charge is 0.388 e. The molecule has 2 fully saturated rings. The molecule has 3 rings (SSSR count). The molecule has 2 bridgehead atoms. The van der Waals surface area contributed by atoms with E-state index in [1.54, 1.807) is 0 Å². The van der Waals surface area contributed by atoms with Gasteiger partial charge >= 0.3 is 0 Å². The monoisotopic (exact) mass is 275 g/mol. The molecule has 0 radical (unpaired) electrons. The third kappa shape index (κ3) is 2.59. The van der Waals surface area contributed by atoms with Crippen LogP contribution in [0.5, 0.6) is 0 Å². The number of nitrogens with two attached hydrogens (primary N) is 1. The Hall–Kier alpha value is -1.16. The summed E-state index contributed by atoms with van der Waals surface area (Å²) in [6.45, 7) is 1.11. The summed E-state index contributed by atoms with van der Waals surface area (Å²) in [5.41, 5.74) is 6.36. The van der Waals surface area contributed by atoms with Crippen molar-refractivity contribution < 1.29 is 0 Å². The Balaban J connectivity index is 1.68. The molecule has 0 aliphatic heterocycles. The lowest BCUT2D eigenvalue weighted by Crippen LogP contribution is -2.29. The molecule has 19 heavy (non-hydrogen) atoms. The minimum atomic E-state index is 0.371. The van der Waals surface area contributed by atoms with Gasteiger partial charge in [0.1, 0.15) is 10.8 Å². The molecule has 0 saturated heterocycles. The number of pyridine rings is 1. The zero-order valence-corrected chi connectivity index (χ0v) is 12.2. The Morgan fingerprint density at radius 3 is 2.89 bits per heavy atom.